The first-order valence-corrected chi connectivity index (χ1v) is 12.7. The van der Waals surface area contributed by atoms with Crippen molar-refractivity contribution in [1.82, 2.24) is 10.2 Å². The highest BCUT2D eigenvalue weighted by Gasteiger charge is 2.27. The van der Waals surface area contributed by atoms with E-state index in [1.165, 1.54) is 41.8 Å². The molecule has 0 bridgehead atoms. The summed E-state index contributed by atoms with van der Waals surface area (Å²) in [7, 11) is -4.00. The Labute approximate surface area is 195 Å². The number of sulfonamides is 1. The van der Waals surface area contributed by atoms with E-state index in [0.29, 0.717) is 12.2 Å². The Hall–Kier alpha value is -2.35. The molecule has 1 N–H and O–H groups in total. The number of anilines is 1. The van der Waals surface area contributed by atoms with Gasteiger partial charge in [0.05, 0.1) is 17.3 Å². The van der Waals surface area contributed by atoms with E-state index in [9.17, 15) is 13.2 Å². The summed E-state index contributed by atoms with van der Waals surface area (Å²) in [6.07, 6.45) is 6.13. The Morgan fingerprint density at radius 2 is 1.84 bits per heavy atom. The molecule has 172 valence electrons. The standard InChI is InChI=1S/C24H30ClN3O3S/c1-2-15-28(21-10-5-3-6-11-21)32(30,31)23-19-20(12-13-22(23)25)24(29)26-14-9-18-27-16-7-4-8-17-27/h2-3,5-6,10-13,19H,1,4,7-9,14-18H2,(H,26,29). The van der Waals surface area contributed by atoms with Crippen LogP contribution >= 0.6 is 11.6 Å². The minimum Gasteiger partial charge on any atom is -0.352 e. The summed E-state index contributed by atoms with van der Waals surface area (Å²) in [5.41, 5.74) is 0.758. The maximum atomic E-state index is 13.4. The number of hydrogen-bond donors (Lipinski definition) is 1. The maximum Gasteiger partial charge on any atom is 0.266 e. The summed E-state index contributed by atoms with van der Waals surface area (Å²) < 4.78 is 28.0. The molecule has 1 fully saturated rings. The number of nitrogens with zero attached hydrogens (tertiary/aromatic N) is 2. The third-order valence-electron chi connectivity index (χ3n) is 5.49. The molecule has 0 aromatic heterocycles. The number of piperidine rings is 1. The van der Waals surface area contributed by atoms with Crippen LogP contribution in [0.25, 0.3) is 0 Å². The zero-order valence-corrected chi connectivity index (χ0v) is 19.7. The van der Waals surface area contributed by atoms with Crippen LogP contribution in [0.15, 0.2) is 66.1 Å². The molecule has 0 atom stereocenters. The lowest BCUT2D eigenvalue weighted by Crippen LogP contribution is -2.33. The molecular formula is C24H30ClN3O3S. The van der Waals surface area contributed by atoms with Gasteiger partial charge >= 0.3 is 0 Å². The van der Waals surface area contributed by atoms with Gasteiger partial charge < -0.3 is 10.2 Å². The van der Waals surface area contributed by atoms with E-state index < -0.39 is 10.0 Å². The van der Waals surface area contributed by atoms with Crippen LogP contribution in [-0.4, -0.2) is 51.9 Å². The molecule has 32 heavy (non-hydrogen) atoms. The summed E-state index contributed by atoms with van der Waals surface area (Å²) in [5, 5.41) is 2.96. The Kier molecular flexibility index (Phi) is 8.73. The molecule has 1 aliphatic heterocycles. The van der Waals surface area contributed by atoms with Crippen LogP contribution in [0.3, 0.4) is 0 Å². The van der Waals surface area contributed by atoms with E-state index in [0.717, 1.165) is 26.1 Å². The number of nitrogens with one attached hydrogen (secondary N) is 1. The lowest BCUT2D eigenvalue weighted by Gasteiger charge is -2.26. The molecule has 0 saturated carbocycles. The smallest absolute Gasteiger partial charge is 0.266 e. The van der Waals surface area contributed by atoms with Crippen LogP contribution in [0.2, 0.25) is 5.02 Å². The quantitative estimate of drug-likeness (QED) is 0.410. The molecule has 2 aromatic rings. The number of rotatable bonds is 10. The van der Waals surface area contributed by atoms with Crippen molar-refractivity contribution in [2.24, 2.45) is 0 Å². The van der Waals surface area contributed by atoms with Crippen LogP contribution in [0.1, 0.15) is 36.0 Å². The molecule has 1 amide bonds. The lowest BCUT2D eigenvalue weighted by molar-refractivity contribution is 0.0951. The predicted molar refractivity (Wildman–Crippen MR) is 130 cm³/mol. The van der Waals surface area contributed by atoms with Gasteiger partial charge in [0.2, 0.25) is 0 Å². The minimum absolute atomic E-state index is 0.0663. The van der Waals surface area contributed by atoms with Gasteiger partial charge in [0, 0.05) is 12.1 Å². The number of benzene rings is 2. The molecule has 1 aliphatic rings. The fourth-order valence-corrected chi connectivity index (χ4v) is 5.74. The number of halogens is 1. The van der Waals surface area contributed by atoms with Crippen LogP contribution in [0, 0.1) is 0 Å². The Bertz CT molecular complexity index is 1020. The highest BCUT2D eigenvalue weighted by atomic mass is 35.5. The van der Waals surface area contributed by atoms with E-state index in [-0.39, 0.29) is 27.9 Å². The molecule has 0 aliphatic carbocycles. The van der Waals surface area contributed by atoms with Crippen molar-refractivity contribution in [2.75, 3.05) is 37.0 Å². The van der Waals surface area contributed by atoms with Crippen molar-refractivity contribution < 1.29 is 13.2 Å². The Morgan fingerprint density at radius 3 is 2.53 bits per heavy atom. The monoisotopic (exact) mass is 475 g/mol. The van der Waals surface area contributed by atoms with Gasteiger partial charge in [0.15, 0.2) is 0 Å². The van der Waals surface area contributed by atoms with E-state index in [2.05, 4.69) is 16.8 Å². The van der Waals surface area contributed by atoms with Crippen molar-refractivity contribution in [3.05, 3.63) is 71.8 Å². The highest BCUT2D eigenvalue weighted by Crippen LogP contribution is 2.29. The largest absolute Gasteiger partial charge is 0.352 e. The second kappa shape index (κ2) is 11.5. The topological polar surface area (TPSA) is 69.7 Å². The second-order valence-electron chi connectivity index (χ2n) is 7.82. The molecule has 0 radical (unpaired) electrons. The number of carbonyl (C=O) groups excluding carboxylic acids is 1. The fraction of sp³-hybridized carbons (Fsp3) is 0.375. The van der Waals surface area contributed by atoms with Crippen LogP contribution in [-0.2, 0) is 10.0 Å². The average molecular weight is 476 g/mol. The number of para-hydroxylation sites is 1. The lowest BCUT2D eigenvalue weighted by atomic mass is 10.1. The Morgan fingerprint density at radius 1 is 1.12 bits per heavy atom. The third kappa shape index (κ3) is 6.12. The van der Waals surface area contributed by atoms with Gasteiger partial charge in [-0.05, 0) is 69.2 Å². The average Bonchev–Trinajstić information content (AvgIpc) is 2.81. The van der Waals surface area contributed by atoms with Crippen molar-refractivity contribution >= 4 is 33.2 Å². The summed E-state index contributed by atoms with van der Waals surface area (Å²) >= 11 is 6.26. The SMILES string of the molecule is C=CCN(c1ccccc1)S(=O)(=O)c1cc(C(=O)NCCCN2CCCCC2)ccc1Cl. The summed E-state index contributed by atoms with van der Waals surface area (Å²) in [6.45, 7) is 7.48. The molecule has 0 spiro atoms. The van der Waals surface area contributed by atoms with Crippen molar-refractivity contribution in [1.29, 1.82) is 0 Å². The van der Waals surface area contributed by atoms with Gasteiger partial charge in [-0.3, -0.25) is 9.10 Å². The van der Waals surface area contributed by atoms with Crippen molar-refractivity contribution in [3.63, 3.8) is 0 Å². The van der Waals surface area contributed by atoms with Gasteiger partial charge in [-0.2, -0.15) is 0 Å². The fourth-order valence-electron chi connectivity index (χ4n) is 3.80. The normalized spacial score (nSPS) is 14.7. The summed E-state index contributed by atoms with van der Waals surface area (Å²) in [4.78, 5) is 15.0. The van der Waals surface area contributed by atoms with Crippen LogP contribution in [0.5, 0.6) is 0 Å². The number of likely N-dealkylation sites (tertiary alicyclic amines) is 1. The van der Waals surface area contributed by atoms with Crippen LogP contribution in [0.4, 0.5) is 5.69 Å². The van der Waals surface area contributed by atoms with E-state index in [4.69, 9.17) is 11.6 Å². The first-order chi connectivity index (χ1) is 15.4. The molecule has 0 unspecified atom stereocenters. The number of carbonyl (C=O) groups is 1. The van der Waals surface area contributed by atoms with Gasteiger partial charge in [-0.1, -0.05) is 42.3 Å². The van der Waals surface area contributed by atoms with Crippen molar-refractivity contribution in [3.8, 4) is 0 Å². The van der Waals surface area contributed by atoms with Crippen molar-refractivity contribution in [2.45, 2.75) is 30.6 Å². The maximum absolute atomic E-state index is 13.4. The number of hydrogen-bond acceptors (Lipinski definition) is 4. The summed E-state index contributed by atoms with van der Waals surface area (Å²) in [5.74, 6) is -0.313. The predicted octanol–water partition coefficient (Wildman–Crippen LogP) is 4.33. The minimum atomic E-state index is -4.00. The van der Waals surface area contributed by atoms with E-state index in [1.807, 2.05) is 6.07 Å². The zero-order valence-electron chi connectivity index (χ0n) is 18.2. The third-order valence-corrected chi connectivity index (χ3v) is 7.76. The van der Waals surface area contributed by atoms with Crippen LogP contribution < -0.4 is 9.62 Å². The van der Waals surface area contributed by atoms with Gasteiger partial charge in [-0.15, -0.1) is 6.58 Å². The molecular weight excluding hydrogens is 446 g/mol. The number of amides is 1. The van der Waals surface area contributed by atoms with E-state index >= 15 is 0 Å². The van der Waals surface area contributed by atoms with E-state index in [1.54, 1.807) is 30.3 Å². The molecule has 6 nitrogen and oxygen atoms in total. The highest BCUT2D eigenvalue weighted by molar-refractivity contribution is 7.93. The zero-order chi connectivity index (χ0) is 23.0. The molecule has 2 aromatic carbocycles. The second-order valence-corrected chi connectivity index (χ2v) is 10.1. The molecule has 3 rings (SSSR count). The van der Waals surface area contributed by atoms with Gasteiger partial charge in [0.1, 0.15) is 4.90 Å². The summed E-state index contributed by atoms with van der Waals surface area (Å²) in [6, 6.07) is 13.1. The first kappa shape index (κ1) is 24.3. The molecule has 1 saturated heterocycles. The molecule has 8 heteroatoms. The first-order valence-electron chi connectivity index (χ1n) is 10.9. The van der Waals surface area contributed by atoms with Gasteiger partial charge in [0.25, 0.3) is 15.9 Å². The Balaban J connectivity index is 1.72. The molecule has 1 heterocycles. The van der Waals surface area contributed by atoms with Gasteiger partial charge in [-0.25, -0.2) is 8.42 Å².